The largest absolute Gasteiger partial charge is 0.465 e. The molecule has 6 nitrogen and oxygen atoms in total. The van der Waals surface area contributed by atoms with E-state index in [1.54, 1.807) is 6.20 Å². The van der Waals surface area contributed by atoms with E-state index in [1.165, 1.54) is 0 Å². The monoisotopic (exact) mass is 332 g/mol. The molecule has 1 aliphatic carbocycles. The summed E-state index contributed by atoms with van der Waals surface area (Å²) in [5.74, 6) is 0. The maximum absolute atomic E-state index is 11.0. The van der Waals surface area contributed by atoms with Crippen molar-refractivity contribution in [3.05, 3.63) is 65.1 Å². The van der Waals surface area contributed by atoms with Crippen LogP contribution in [0.25, 0.3) is 10.9 Å². The van der Waals surface area contributed by atoms with E-state index >= 15 is 0 Å². The highest BCUT2D eigenvalue weighted by molar-refractivity contribution is 5.88. The molecular formula is C19H16N4O2. The van der Waals surface area contributed by atoms with Gasteiger partial charge in [-0.05, 0) is 42.3 Å². The molecule has 2 N–H and O–H groups in total. The summed E-state index contributed by atoms with van der Waals surface area (Å²) in [6.45, 7) is 0.623. The SMILES string of the molecule is N#Cc1ccc2c(c1)c1c(n2Cc2ccccn2)C[C@@H](NC(=O)O)C1. The molecule has 4 rings (SSSR count). The number of nitrogens with one attached hydrogen (secondary N) is 1. The van der Waals surface area contributed by atoms with Gasteiger partial charge in [0, 0.05) is 35.3 Å². The van der Waals surface area contributed by atoms with Gasteiger partial charge < -0.3 is 15.0 Å². The summed E-state index contributed by atoms with van der Waals surface area (Å²) in [7, 11) is 0. The van der Waals surface area contributed by atoms with Gasteiger partial charge in [0.05, 0.1) is 23.9 Å². The standard InChI is InChI=1S/C19H16N4O2/c20-10-12-4-5-17-15(7-12)16-8-14(22-19(24)25)9-18(16)23(17)11-13-3-1-2-6-21-13/h1-7,14,22H,8-9,11H2,(H,24,25)/t14-/m0/s1. The number of nitrogens with zero attached hydrogens (tertiary/aromatic N) is 3. The summed E-state index contributed by atoms with van der Waals surface area (Å²) in [5, 5.41) is 21.8. The Labute approximate surface area is 144 Å². The summed E-state index contributed by atoms with van der Waals surface area (Å²) in [6.07, 6.45) is 2.05. The predicted molar refractivity (Wildman–Crippen MR) is 92.3 cm³/mol. The van der Waals surface area contributed by atoms with Crippen molar-refractivity contribution in [2.45, 2.75) is 25.4 Å². The fraction of sp³-hybridized carbons (Fsp3) is 0.211. The molecule has 0 spiro atoms. The molecule has 0 bridgehead atoms. The number of carbonyl (C=O) groups is 1. The Morgan fingerprint density at radius 3 is 2.96 bits per heavy atom. The Balaban J connectivity index is 1.82. The zero-order valence-electron chi connectivity index (χ0n) is 13.4. The van der Waals surface area contributed by atoms with Crippen LogP contribution in [0.5, 0.6) is 0 Å². The van der Waals surface area contributed by atoms with Crippen LogP contribution in [0.3, 0.4) is 0 Å². The molecular weight excluding hydrogens is 316 g/mol. The van der Waals surface area contributed by atoms with Crippen molar-refractivity contribution < 1.29 is 9.90 Å². The normalized spacial score (nSPS) is 15.7. The minimum absolute atomic E-state index is 0.132. The summed E-state index contributed by atoms with van der Waals surface area (Å²) >= 11 is 0. The number of rotatable bonds is 3. The summed E-state index contributed by atoms with van der Waals surface area (Å²) in [6, 6.07) is 13.5. The summed E-state index contributed by atoms with van der Waals surface area (Å²) in [5.41, 5.74) is 4.86. The molecule has 0 saturated carbocycles. The highest BCUT2D eigenvalue weighted by atomic mass is 16.4. The van der Waals surface area contributed by atoms with Crippen molar-refractivity contribution in [3.8, 4) is 6.07 Å². The fourth-order valence-electron chi connectivity index (χ4n) is 3.67. The van der Waals surface area contributed by atoms with Gasteiger partial charge in [-0.3, -0.25) is 4.98 Å². The average Bonchev–Trinajstić information content (AvgIpc) is 3.13. The minimum atomic E-state index is -1.01. The van der Waals surface area contributed by atoms with Crippen LogP contribution >= 0.6 is 0 Å². The Morgan fingerprint density at radius 1 is 1.36 bits per heavy atom. The molecule has 0 saturated heterocycles. The Morgan fingerprint density at radius 2 is 2.24 bits per heavy atom. The lowest BCUT2D eigenvalue weighted by Crippen LogP contribution is -2.34. The van der Waals surface area contributed by atoms with E-state index in [0.29, 0.717) is 24.9 Å². The lowest BCUT2D eigenvalue weighted by molar-refractivity contribution is 0.190. The van der Waals surface area contributed by atoms with Gasteiger partial charge in [0.2, 0.25) is 0 Å². The molecule has 1 amide bonds. The Kier molecular flexibility index (Phi) is 3.62. The topological polar surface area (TPSA) is 90.9 Å². The van der Waals surface area contributed by atoms with Gasteiger partial charge in [0.1, 0.15) is 0 Å². The Bertz CT molecular complexity index is 1000. The van der Waals surface area contributed by atoms with Gasteiger partial charge in [-0.25, -0.2) is 4.79 Å². The second-order valence-corrected chi connectivity index (χ2v) is 6.23. The molecule has 2 aromatic heterocycles. The molecule has 25 heavy (non-hydrogen) atoms. The van der Waals surface area contributed by atoms with Crippen LogP contribution in [-0.4, -0.2) is 26.8 Å². The molecule has 1 aliphatic rings. The average molecular weight is 332 g/mol. The number of hydrogen-bond donors (Lipinski definition) is 2. The van der Waals surface area contributed by atoms with Crippen molar-refractivity contribution in [1.82, 2.24) is 14.9 Å². The van der Waals surface area contributed by atoms with Crippen molar-refractivity contribution >= 4 is 17.0 Å². The smallest absolute Gasteiger partial charge is 0.404 e. The van der Waals surface area contributed by atoms with Crippen LogP contribution in [0.2, 0.25) is 0 Å². The van der Waals surface area contributed by atoms with E-state index in [2.05, 4.69) is 20.9 Å². The first-order valence-corrected chi connectivity index (χ1v) is 8.09. The van der Waals surface area contributed by atoms with Crippen LogP contribution < -0.4 is 5.32 Å². The third kappa shape index (κ3) is 2.70. The maximum Gasteiger partial charge on any atom is 0.404 e. The number of amides is 1. The zero-order valence-corrected chi connectivity index (χ0v) is 13.4. The van der Waals surface area contributed by atoms with Crippen molar-refractivity contribution in [2.24, 2.45) is 0 Å². The van der Waals surface area contributed by atoms with Gasteiger partial charge in [-0.15, -0.1) is 0 Å². The van der Waals surface area contributed by atoms with Crippen LogP contribution in [0.1, 0.15) is 22.5 Å². The maximum atomic E-state index is 11.0. The molecule has 0 unspecified atom stereocenters. The Hall–Kier alpha value is -3.33. The van der Waals surface area contributed by atoms with Crippen LogP contribution in [-0.2, 0) is 19.4 Å². The molecule has 0 aliphatic heterocycles. The minimum Gasteiger partial charge on any atom is -0.465 e. The number of pyridine rings is 1. The molecule has 2 heterocycles. The van der Waals surface area contributed by atoms with E-state index in [4.69, 9.17) is 5.11 Å². The summed E-state index contributed by atoms with van der Waals surface area (Å²) in [4.78, 5) is 15.4. The quantitative estimate of drug-likeness (QED) is 0.771. The van der Waals surface area contributed by atoms with E-state index in [1.807, 2.05) is 36.4 Å². The molecule has 124 valence electrons. The van der Waals surface area contributed by atoms with E-state index in [-0.39, 0.29) is 6.04 Å². The summed E-state index contributed by atoms with van der Waals surface area (Å²) < 4.78 is 2.19. The number of aromatic nitrogens is 2. The van der Waals surface area contributed by atoms with Crippen LogP contribution in [0.4, 0.5) is 4.79 Å². The van der Waals surface area contributed by atoms with Crippen LogP contribution in [0.15, 0.2) is 42.6 Å². The number of carboxylic acid groups (broad SMARTS) is 1. The molecule has 0 fully saturated rings. The van der Waals surface area contributed by atoms with E-state index in [0.717, 1.165) is 27.9 Å². The lowest BCUT2D eigenvalue weighted by atomic mass is 10.1. The number of benzene rings is 1. The van der Waals surface area contributed by atoms with Crippen molar-refractivity contribution in [2.75, 3.05) is 0 Å². The third-order valence-electron chi connectivity index (χ3n) is 4.68. The van der Waals surface area contributed by atoms with E-state index < -0.39 is 6.09 Å². The first-order valence-electron chi connectivity index (χ1n) is 8.09. The molecule has 0 radical (unpaired) electrons. The predicted octanol–water partition coefficient (Wildman–Crippen LogP) is 2.69. The molecule has 1 aromatic carbocycles. The molecule has 3 aromatic rings. The van der Waals surface area contributed by atoms with Gasteiger partial charge >= 0.3 is 6.09 Å². The highest BCUT2D eigenvalue weighted by Crippen LogP contribution is 2.34. The van der Waals surface area contributed by atoms with Gasteiger partial charge in [0.15, 0.2) is 0 Å². The highest BCUT2D eigenvalue weighted by Gasteiger charge is 2.29. The lowest BCUT2D eigenvalue weighted by Gasteiger charge is -2.13. The second-order valence-electron chi connectivity index (χ2n) is 6.23. The van der Waals surface area contributed by atoms with Crippen LogP contribution in [0, 0.1) is 11.3 Å². The van der Waals surface area contributed by atoms with E-state index in [9.17, 15) is 10.1 Å². The number of hydrogen-bond acceptors (Lipinski definition) is 3. The third-order valence-corrected chi connectivity index (χ3v) is 4.68. The molecule has 6 heteroatoms. The van der Waals surface area contributed by atoms with Crippen molar-refractivity contribution in [3.63, 3.8) is 0 Å². The number of fused-ring (bicyclic) bond motifs is 3. The first kappa shape index (κ1) is 15.2. The second kappa shape index (κ2) is 5.95. The first-order chi connectivity index (χ1) is 12.2. The van der Waals surface area contributed by atoms with Gasteiger partial charge in [-0.1, -0.05) is 6.07 Å². The number of nitriles is 1. The van der Waals surface area contributed by atoms with Crippen molar-refractivity contribution in [1.29, 1.82) is 5.26 Å². The fourth-order valence-corrected chi connectivity index (χ4v) is 3.67. The molecule has 1 atom stereocenters. The van der Waals surface area contributed by atoms with Gasteiger partial charge in [0.25, 0.3) is 0 Å². The zero-order chi connectivity index (χ0) is 17.4. The van der Waals surface area contributed by atoms with Gasteiger partial charge in [-0.2, -0.15) is 5.26 Å².